The lowest BCUT2D eigenvalue weighted by molar-refractivity contribution is -0.126. The Bertz CT molecular complexity index is 920. The molecule has 3 rings (SSSR count). The SMILES string of the molecule is O=C(NCc1ccc(Cl)cc1)C1CCN(S(=O)(=O)/C=C/c2ccccc2)CC1. The zero-order valence-corrected chi connectivity index (χ0v) is 17.0. The summed E-state index contributed by atoms with van der Waals surface area (Å²) in [6, 6.07) is 16.6. The number of hydrogen-bond donors (Lipinski definition) is 1. The summed E-state index contributed by atoms with van der Waals surface area (Å²) < 4.78 is 26.4. The number of carbonyl (C=O) groups excluding carboxylic acids is 1. The summed E-state index contributed by atoms with van der Waals surface area (Å²) in [5.74, 6) is -0.205. The minimum Gasteiger partial charge on any atom is -0.352 e. The summed E-state index contributed by atoms with van der Waals surface area (Å²) in [5, 5.41) is 4.82. The van der Waals surface area contributed by atoms with Gasteiger partial charge in [-0.3, -0.25) is 4.79 Å². The van der Waals surface area contributed by atoms with Gasteiger partial charge < -0.3 is 5.32 Å². The van der Waals surface area contributed by atoms with Crippen LogP contribution in [-0.2, 0) is 21.4 Å². The predicted molar refractivity (Wildman–Crippen MR) is 112 cm³/mol. The Kier molecular flexibility index (Phi) is 6.88. The summed E-state index contributed by atoms with van der Waals surface area (Å²) in [6.45, 7) is 1.13. The molecule has 0 aromatic heterocycles. The molecule has 0 radical (unpaired) electrons. The van der Waals surface area contributed by atoms with E-state index in [9.17, 15) is 13.2 Å². The van der Waals surface area contributed by atoms with E-state index in [0.29, 0.717) is 37.5 Å². The van der Waals surface area contributed by atoms with Crippen molar-refractivity contribution in [2.45, 2.75) is 19.4 Å². The Morgan fingerprint density at radius 1 is 1.07 bits per heavy atom. The summed E-state index contributed by atoms with van der Waals surface area (Å²) in [7, 11) is -3.48. The van der Waals surface area contributed by atoms with Crippen LogP contribution in [-0.4, -0.2) is 31.7 Å². The molecule has 0 saturated carbocycles. The number of sulfonamides is 1. The molecule has 1 heterocycles. The number of nitrogens with one attached hydrogen (secondary N) is 1. The average Bonchev–Trinajstić information content (AvgIpc) is 2.72. The standard InChI is InChI=1S/C21H23ClN2O3S/c22-20-8-6-18(7-9-20)16-23-21(25)19-10-13-24(14-11-19)28(26,27)15-12-17-4-2-1-3-5-17/h1-9,12,15,19H,10-11,13-14,16H2,(H,23,25)/b15-12+. The van der Waals surface area contributed by atoms with Crippen molar-refractivity contribution in [3.05, 3.63) is 76.2 Å². The molecule has 0 spiro atoms. The highest BCUT2D eigenvalue weighted by atomic mass is 35.5. The summed E-state index contributed by atoms with van der Waals surface area (Å²) in [5.41, 5.74) is 1.81. The van der Waals surface area contributed by atoms with Gasteiger partial charge in [0.05, 0.1) is 0 Å². The van der Waals surface area contributed by atoms with Crippen molar-refractivity contribution >= 4 is 33.6 Å². The van der Waals surface area contributed by atoms with Crippen LogP contribution in [0.2, 0.25) is 5.02 Å². The Morgan fingerprint density at radius 2 is 1.71 bits per heavy atom. The number of hydrogen-bond acceptors (Lipinski definition) is 3. The lowest BCUT2D eigenvalue weighted by Crippen LogP contribution is -2.42. The van der Waals surface area contributed by atoms with Gasteiger partial charge in [-0.05, 0) is 42.2 Å². The first kappa shape index (κ1) is 20.6. The first-order valence-electron chi connectivity index (χ1n) is 9.19. The number of halogens is 1. The number of piperidine rings is 1. The van der Waals surface area contributed by atoms with Crippen LogP contribution >= 0.6 is 11.6 Å². The Hall–Kier alpha value is -2.15. The van der Waals surface area contributed by atoms with E-state index in [-0.39, 0.29) is 11.8 Å². The molecule has 2 aromatic rings. The van der Waals surface area contributed by atoms with Gasteiger partial charge in [0, 0.05) is 36.0 Å². The summed E-state index contributed by atoms with van der Waals surface area (Å²) >= 11 is 5.86. The predicted octanol–water partition coefficient (Wildman–Crippen LogP) is 3.67. The lowest BCUT2D eigenvalue weighted by atomic mass is 9.97. The minimum absolute atomic E-state index is 0.0353. The average molecular weight is 419 g/mol. The van der Waals surface area contributed by atoms with Crippen LogP contribution in [0.25, 0.3) is 6.08 Å². The first-order valence-corrected chi connectivity index (χ1v) is 11.1. The maximum Gasteiger partial charge on any atom is 0.236 e. The molecule has 28 heavy (non-hydrogen) atoms. The third-order valence-corrected chi connectivity index (χ3v) is 6.61. The number of carbonyl (C=O) groups is 1. The molecule has 1 fully saturated rings. The molecule has 0 aliphatic carbocycles. The van der Waals surface area contributed by atoms with Gasteiger partial charge in [0.15, 0.2) is 0 Å². The van der Waals surface area contributed by atoms with Gasteiger partial charge in [-0.25, -0.2) is 8.42 Å². The molecule has 1 aliphatic rings. The van der Waals surface area contributed by atoms with Crippen LogP contribution < -0.4 is 5.32 Å². The van der Waals surface area contributed by atoms with E-state index < -0.39 is 10.0 Å². The highest BCUT2D eigenvalue weighted by Crippen LogP contribution is 2.21. The fraction of sp³-hybridized carbons (Fsp3) is 0.286. The van der Waals surface area contributed by atoms with Gasteiger partial charge in [0.25, 0.3) is 0 Å². The minimum atomic E-state index is -3.48. The van der Waals surface area contributed by atoms with Crippen LogP contribution in [0.3, 0.4) is 0 Å². The second kappa shape index (κ2) is 9.37. The van der Waals surface area contributed by atoms with Crippen LogP contribution in [0.4, 0.5) is 0 Å². The first-order chi connectivity index (χ1) is 13.4. The smallest absolute Gasteiger partial charge is 0.236 e. The largest absolute Gasteiger partial charge is 0.352 e. The third kappa shape index (κ3) is 5.67. The van der Waals surface area contributed by atoms with Gasteiger partial charge in [0.1, 0.15) is 0 Å². The molecule has 148 valence electrons. The number of benzene rings is 2. The molecular weight excluding hydrogens is 396 g/mol. The molecule has 1 amide bonds. The maximum atomic E-state index is 12.5. The zero-order valence-electron chi connectivity index (χ0n) is 15.4. The van der Waals surface area contributed by atoms with Gasteiger partial charge in [0.2, 0.25) is 15.9 Å². The van der Waals surface area contributed by atoms with Gasteiger partial charge in [-0.15, -0.1) is 0 Å². The van der Waals surface area contributed by atoms with Crippen LogP contribution in [0, 0.1) is 5.92 Å². The number of amides is 1. The highest BCUT2D eigenvalue weighted by Gasteiger charge is 2.29. The van der Waals surface area contributed by atoms with Gasteiger partial charge in [-0.2, -0.15) is 4.31 Å². The normalized spacial score (nSPS) is 16.3. The molecule has 1 N–H and O–H groups in total. The number of rotatable bonds is 6. The van der Waals surface area contributed by atoms with E-state index in [2.05, 4.69) is 5.32 Å². The van der Waals surface area contributed by atoms with E-state index in [0.717, 1.165) is 11.1 Å². The van der Waals surface area contributed by atoms with E-state index in [4.69, 9.17) is 11.6 Å². The highest BCUT2D eigenvalue weighted by molar-refractivity contribution is 7.92. The molecule has 0 unspecified atom stereocenters. The molecule has 0 atom stereocenters. The van der Waals surface area contributed by atoms with E-state index in [1.165, 1.54) is 9.71 Å². The molecule has 1 aliphatic heterocycles. The molecule has 2 aromatic carbocycles. The zero-order chi connectivity index (χ0) is 20.0. The van der Waals surface area contributed by atoms with Gasteiger partial charge >= 0.3 is 0 Å². The summed E-state index contributed by atoms with van der Waals surface area (Å²) in [6.07, 6.45) is 2.63. The van der Waals surface area contributed by atoms with Crippen molar-refractivity contribution < 1.29 is 13.2 Å². The Balaban J connectivity index is 1.49. The lowest BCUT2D eigenvalue weighted by Gasteiger charge is -2.29. The van der Waals surface area contributed by atoms with Crippen LogP contribution in [0.5, 0.6) is 0 Å². The van der Waals surface area contributed by atoms with Crippen molar-refractivity contribution in [1.29, 1.82) is 0 Å². The van der Waals surface area contributed by atoms with E-state index >= 15 is 0 Å². The molecule has 1 saturated heterocycles. The van der Waals surface area contributed by atoms with Crippen molar-refractivity contribution in [1.82, 2.24) is 9.62 Å². The van der Waals surface area contributed by atoms with Crippen molar-refractivity contribution in [2.75, 3.05) is 13.1 Å². The van der Waals surface area contributed by atoms with E-state index in [1.54, 1.807) is 18.2 Å². The fourth-order valence-corrected chi connectivity index (χ4v) is 4.47. The van der Waals surface area contributed by atoms with Crippen LogP contribution in [0.15, 0.2) is 60.0 Å². The summed E-state index contributed by atoms with van der Waals surface area (Å²) in [4.78, 5) is 12.4. The second-order valence-electron chi connectivity index (χ2n) is 6.78. The second-order valence-corrected chi connectivity index (χ2v) is 9.03. The van der Waals surface area contributed by atoms with Crippen molar-refractivity contribution in [2.24, 2.45) is 5.92 Å². The van der Waals surface area contributed by atoms with Gasteiger partial charge in [-0.1, -0.05) is 54.1 Å². The monoisotopic (exact) mass is 418 g/mol. The molecule has 5 nitrogen and oxygen atoms in total. The molecule has 0 bridgehead atoms. The number of nitrogens with zero attached hydrogens (tertiary/aromatic N) is 1. The van der Waals surface area contributed by atoms with Crippen molar-refractivity contribution in [3.63, 3.8) is 0 Å². The Labute approximate surface area is 171 Å². The third-order valence-electron chi connectivity index (χ3n) is 4.80. The molecular formula is C21H23ClN2O3S. The van der Waals surface area contributed by atoms with Crippen LogP contribution in [0.1, 0.15) is 24.0 Å². The van der Waals surface area contributed by atoms with Crippen molar-refractivity contribution in [3.8, 4) is 0 Å². The fourth-order valence-electron chi connectivity index (χ4n) is 3.12. The topological polar surface area (TPSA) is 66.5 Å². The molecule has 7 heteroatoms. The quantitative estimate of drug-likeness (QED) is 0.778. The van der Waals surface area contributed by atoms with E-state index in [1.807, 2.05) is 42.5 Å². The Morgan fingerprint density at radius 3 is 2.36 bits per heavy atom. The maximum absolute atomic E-state index is 12.5.